The molecule has 4 bridgehead atoms. The Morgan fingerprint density at radius 2 is 1.33 bits per heavy atom. The molecule has 0 radical (unpaired) electrons. The number of carboxylic acid groups (broad SMARTS) is 1. The molecule has 0 aromatic carbocycles. The Bertz CT molecular complexity index is 466. The number of rotatable bonds is 3. The summed E-state index contributed by atoms with van der Waals surface area (Å²) in [7, 11) is 0. The SMILES string of the molecule is CC(C)C12CN3CC(C(C)C)(CN(C1)C3(C)C(=O)O)C2=O. The fourth-order valence-corrected chi connectivity index (χ4v) is 4.70. The Kier molecular flexibility index (Phi) is 2.91. The van der Waals surface area contributed by atoms with Crippen LogP contribution in [0.25, 0.3) is 0 Å². The van der Waals surface area contributed by atoms with Crippen LogP contribution >= 0.6 is 0 Å². The molecule has 4 aliphatic rings. The monoisotopic (exact) mass is 294 g/mol. The van der Waals surface area contributed by atoms with Crippen LogP contribution in [0.5, 0.6) is 0 Å². The quantitative estimate of drug-likeness (QED) is 0.850. The summed E-state index contributed by atoms with van der Waals surface area (Å²) in [4.78, 5) is 29.2. The van der Waals surface area contributed by atoms with Crippen LogP contribution in [-0.4, -0.2) is 58.5 Å². The van der Waals surface area contributed by atoms with Gasteiger partial charge in [-0.1, -0.05) is 27.7 Å². The van der Waals surface area contributed by atoms with E-state index in [9.17, 15) is 14.7 Å². The maximum Gasteiger partial charge on any atom is 0.339 e. The first-order chi connectivity index (χ1) is 9.61. The molecule has 1 N–H and O–H groups in total. The number of hydrogen-bond acceptors (Lipinski definition) is 4. The zero-order valence-electron chi connectivity index (χ0n) is 13.6. The lowest BCUT2D eigenvalue weighted by Crippen LogP contribution is -2.86. The molecule has 4 saturated heterocycles. The van der Waals surface area contributed by atoms with Gasteiger partial charge in [-0.3, -0.25) is 14.6 Å². The van der Waals surface area contributed by atoms with Crippen LogP contribution in [0.15, 0.2) is 0 Å². The van der Waals surface area contributed by atoms with Crippen molar-refractivity contribution < 1.29 is 14.7 Å². The van der Waals surface area contributed by atoms with E-state index in [-0.39, 0.29) is 11.8 Å². The number of carbonyl (C=O) groups excluding carboxylic acids is 1. The summed E-state index contributed by atoms with van der Waals surface area (Å²) >= 11 is 0. The number of aliphatic carboxylic acids is 1. The van der Waals surface area contributed by atoms with Gasteiger partial charge in [-0.05, 0) is 18.8 Å². The fourth-order valence-electron chi connectivity index (χ4n) is 4.70. The molecular formula is C16H26N2O3. The molecule has 0 atom stereocenters. The molecule has 0 aromatic heterocycles. The van der Waals surface area contributed by atoms with E-state index in [0.29, 0.717) is 32.0 Å². The Morgan fingerprint density at radius 3 is 1.57 bits per heavy atom. The van der Waals surface area contributed by atoms with Crippen molar-refractivity contribution in [1.29, 1.82) is 0 Å². The highest BCUT2D eigenvalue weighted by Crippen LogP contribution is 2.56. The number of carboxylic acids is 1. The van der Waals surface area contributed by atoms with Gasteiger partial charge in [0, 0.05) is 26.2 Å². The van der Waals surface area contributed by atoms with Gasteiger partial charge in [-0.15, -0.1) is 0 Å². The molecule has 21 heavy (non-hydrogen) atoms. The van der Waals surface area contributed by atoms with Crippen molar-refractivity contribution in [2.45, 2.75) is 40.3 Å². The van der Waals surface area contributed by atoms with Gasteiger partial charge < -0.3 is 5.11 Å². The second kappa shape index (κ2) is 4.07. The summed E-state index contributed by atoms with van der Waals surface area (Å²) in [5.74, 6) is 0.0330. The molecule has 0 saturated carbocycles. The number of Topliss-reactive ketones (excluding diaryl/α,β-unsaturated/α-hetero) is 1. The van der Waals surface area contributed by atoms with Crippen LogP contribution < -0.4 is 0 Å². The molecule has 0 unspecified atom stereocenters. The second-order valence-electron chi connectivity index (χ2n) is 7.99. The minimum Gasteiger partial charge on any atom is -0.479 e. The third kappa shape index (κ3) is 1.49. The molecule has 0 aromatic rings. The van der Waals surface area contributed by atoms with Gasteiger partial charge in [0.1, 0.15) is 0 Å². The van der Waals surface area contributed by atoms with Gasteiger partial charge >= 0.3 is 5.97 Å². The maximum atomic E-state index is 13.3. The molecule has 5 nitrogen and oxygen atoms in total. The predicted molar refractivity (Wildman–Crippen MR) is 78.7 cm³/mol. The lowest BCUT2D eigenvalue weighted by atomic mass is 9.52. The van der Waals surface area contributed by atoms with E-state index >= 15 is 0 Å². The Labute approximate surface area is 126 Å². The fraction of sp³-hybridized carbons (Fsp3) is 0.875. The molecule has 4 aliphatic heterocycles. The van der Waals surface area contributed by atoms with Gasteiger partial charge in [-0.25, -0.2) is 4.79 Å². The van der Waals surface area contributed by atoms with Crippen molar-refractivity contribution in [3.8, 4) is 0 Å². The smallest absolute Gasteiger partial charge is 0.339 e. The van der Waals surface area contributed by atoms with Crippen LogP contribution in [0, 0.1) is 22.7 Å². The van der Waals surface area contributed by atoms with E-state index in [1.165, 1.54) is 0 Å². The summed E-state index contributed by atoms with van der Waals surface area (Å²) in [6, 6.07) is 0. The molecule has 0 amide bonds. The molecule has 4 heterocycles. The van der Waals surface area contributed by atoms with Gasteiger partial charge in [0.05, 0.1) is 10.8 Å². The van der Waals surface area contributed by atoms with Crippen LogP contribution in [-0.2, 0) is 9.59 Å². The average molecular weight is 294 g/mol. The Balaban J connectivity index is 2.15. The van der Waals surface area contributed by atoms with E-state index in [1.54, 1.807) is 6.92 Å². The molecule has 5 heteroatoms. The van der Waals surface area contributed by atoms with Crippen molar-refractivity contribution in [1.82, 2.24) is 9.80 Å². The topological polar surface area (TPSA) is 60.9 Å². The van der Waals surface area contributed by atoms with Gasteiger partial charge in [0.25, 0.3) is 0 Å². The largest absolute Gasteiger partial charge is 0.479 e. The molecule has 4 fully saturated rings. The van der Waals surface area contributed by atoms with Gasteiger partial charge in [-0.2, -0.15) is 0 Å². The molecule has 0 aliphatic carbocycles. The first-order valence-corrected chi connectivity index (χ1v) is 7.89. The third-order valence-electron chi connectivity index (χ3n) is 6.64. The average Bonchev–Trinajstić information content (AvgIpc) is 2.36. The minimum absolute atomic E-state index is 0.229. The summed E-state index contributed by atoms with van der Waals surface area (Å²) in [6.07, 6.45) is 0. The highest BCUT2D eigenvalue weighted by atomic mass is 16.4. The van der Waals surface area contributed by atoms with E-state index in [2.05, 4.69) is 27.7 Å². The number of carbonyl (C=O) groups is 2. The first kappa shape index (κ1) is 15.0. The Morgan fingerprint density at radius 1 is 1.00 bits per heavy atom. The highest BCUT2D eigenvalue weighted by Gasteiger charge is 2.71. The lowest BCUT2D eigenvalue weighted by Gasteiger charge is -2.70. The standard InChI is InChI=1S/C16H26N2O3/c1-10(2)15-6-17-8-16(11(3)4,12(15)19)9-18(7-15)14(17,5)13(20)21/h10-11H,6-9H2,1-5H3,(H,20,21). The number of ketones is 1. The number of nitrogens with zero attached hydrogens (tertiary/aromatic N) is 2. The van der Waals surface area contributed by atoms with Gasteiger partial charge in [0.15, 0.2) is 11.4 Å². The number of piperidine rings is 2. The van der Waals surface area contributed by atoms with Crippen molar-refractivity contribution in [3.63, 3.8) is 0 Å². The first-order valence-electron chi connectivity index (χ1n) is 7.89. The molecular weight excluding hydrogens is 268 g/mol. The third-order valence-corrected chi connectivity index (χ3v) is 6.64. The van der Waals surface area contributed by atoms with Crippen LogP contribution in [0.4, 0.5) is 0 Å². The second-order valence-corrected chi connectivity index (χ2v) is 7.99. The summed E-state index contributed by atoms with van der Waals surface area (Å²) in [5.41, 5.74) is -1.77. The van der Waals surface area contributed by atoms with Crippen LogP contribution in [0.2, 0.25) is 0 Å². The van der Waals surface area contributed by atoms with Crippen molar-refractivity contribution in [3.05, 3.63) is 0 Å². The summed E-state index contributed by atoms with van der Waals surface area (Å²) < 4.78 is 0. The van der Waals surface area contributed by atoms with Gasteiger partial charge in [0.2, 0.25) is 0 Å². The van der Waals surface area contributed by atoms with E-state index in [0.717, 1.165) is 0 Å². The zero-order valence-corrected chi connectivity index (χ0v) is 13.6. The summed E-state index contributed by atoms with van der Waals surface area (Å²) in [6.45, 7) is 12.5. The minimum atomic E-state index is -0.961. The van der Waals surface area contributed by atoms with E-state index in [1.807, 2.05) is 9.80 Å². The highest BCUT2D eigenvalue weighted by molar-refractivity contribution is 5.95. The van der Waals surface area contributed by atoms with Crippen molar-refractivity contribution in [2.24, 2.45) is 22.7 Å². The van der Waals surface area contributed by atoms with E-state index < -0.39 is 22.5 Å². The predicted octanol–water partition coefficient (Wildman–Crippen LogP) is 1.29. The molecule has 0 spiro atoms. The Hall–Kier alpha value is -0.940. The van der Waals surface area contributed by atoms with Crippen molar-refractivity contribution >= 4 is 11.8 Å². The van der Waals surface area contributed by atoms with E-state index in [4.69, 9.17) is 0 Å². The van der Waals surface area contributed by atoms with Crippen LogP contribution in [0.3, 0.4) is 0 Å². The zero-order chi connectivity index (χ0) is 15.8. The molecule has 4 rings (SSSR count). The lowest BCUT2D eigenvalue weighted by molar-refractivity contribution is -0.247. The summed E-state index contributed by atoms with van der Waals surface area (Å²) in [5, 5.41) is 9.75. The normalized spacial score (nSPS) is 48.4. The maximum absolute atomic E-state index is 13.3. The molecule has 118 valence electrons. The van der Waals surface area contributed by atoms with Crippen molar-refractivity contribution in [2.75, 3.05) is 26.2 Å². The van der Waals surface area contributed by atoms with Crippen LogP contribution in [0.1, 0.15) is 34.6 Å². The number of hydrogen-bond donors (Lipinski definition) is 1.